The van der Waals surface area contributed by atoms with Crippen molar-refractivity contribution in [3.8, 4) is 5.75 Å². The molecule has 0 aliphatic carbocycles. The molecule has 1 aliphatic heterocycles. The summed E-state index contributed by atoms with van der Waals surface area (Å²) in [7, 11) is 1.69. The van der Waals surface area contributed by atoms with E-state index in [4.69, 9.17) is 9.72 Å². The predicted molar refractivity (Wildman–Crippen MR) is 108 cm³/mol. The van der Waals surface area contributed by atoms with Crippen molar-refractivity contribution in [2.24, 2.45) is 0 Å². The highest BCUT2D eigenvalue weighted by atomic mass is 19.1. The Morgan fingerprint density at radius 2 is 2.00 bits per heavy atom. The largest absolute Gasteiger partial charge is 0.505 e. The summed E-state index contributed by atoms with van der Waals surface area (Å²) >= 11 is 0. The molecule has 0 saturated carbocycles. The molecule has 1 amide bonds. The number of piperidine rings is 1. The number of rotatable bonds is 5. The van der Waals surface area contributed by atoms with Crippen LogP contribution in [0.2, 0.25) is 0 Å². The molecule has 1 saturated heterocycles. The lowest BCUT2D eigenvalue weighted by atomic mass is 9.95. The number of aromatic hydroxyl groups is 1. The van der Waals surface area contributed by atoms with Gasteiger partial charge in [-0.05, 0) is 43.2 Å². The van der Waals surface area contributed by atoms with Gasteiger partial charge in [-0.3, -0.25) is 4.79 Å². The van der Waals surface area contributed by atoms with Crippen LogP contribution < -0.4 is 0 Å². The third-order valence-corrected chi connectivity index (χ3v) is 5.55. The molecule has 152 valence electrons. The van der Waals surface area contributed by atoms with E-state index >= 15 is 0 Å². The number of halogens is 1. The molecular weight excluding hydrogens is 373 g/mol. The van der Waals surface area contributed by atoms with E-state index in [-0.39, 0.29) is 17.4 Å². The van der Waals surface area contributed by atoms with Crippen LogP contribution in [-0.4, -0.2) is 52.3 Å². The fourth-order valence-electron chi connectivity index (χ4n) is 3.99. The molecule has 6 nitrogen and oxygen atoms in total. The third-order valence-electron chi connectivity index (χ3n) is 5.55. The fourth-order valence-corrected chi connectivity index (χ4v) is 3.99. The van der Waals surface area contributed by atoms with Gasteiger partial charge in [0.1, 0.15) is 5.82 Å². The van der Waals surface area contributed by atoms with Gasteiger partial charge in [-0.2, -0.15) is 0 Å². The number of carbonyl (C=O) groups excluding carboxylic acids is 1. The first-order valence-electron chi connectivity index (χ1n) is 9.80. The molecule has 7 heteroatoms. The Balaban J connectivity index is 1.51. The summed E-state index contributed by atoms with van der Waals surface area (Å²) in [6, 6.07) is 11.8. The Labute approximate surface area is 168 Å². The zero-order valence-electron chi connectivity index (χ0n) is 16.3. The first kappa shape index (κ1) is 19.4. The second-order valence-corrected chi connectivity index (χ2v) is 7.34. The standard InChI is InChI=1S/C22H24FN3O3/c1-29-13-12-26-19-5-3-2-4-18(19)24-21(26)15-8-10-25(11-9-15)22(28)16-6-7-20(27)17(23)14-16/h2-7,14-15,27H,8-13H2,1H3. The number of ether oxygens (including phenoxy) is 1. The van der Waals surface area contributed by atoms with Gasteiger partial charge >= 0.3 is 0 Å². The van der Waals surface area contributed by atoms with Crippen molar-refractivity contribution in [3.63, 3.8) is 0 Å². The van der Waals surface area contributed by atoms with Crippen LogP contribution in [0.15, 0.2) is 42.5 Å². The summed E-state index contributed by atoms with van der Waals surface area (Å²) in [6.07, 6.45) is 1.59. The molecule has 1 aromatic heterocycles. The lowest BCUT2D eigenvalue weighted by molar-refractivity contribution is 0.0709. The van der Waals surface area contributed by atoms with Crippen molar-refractivity contribution < 1.29 is 19.0 Å². The van der Waals surface area contributed by atoms with Crippen LogP contribution in [0.3, 0.4) is 0 Å². The maximum absolute atomic E-state index is 13.6. The number of likely N-dealkylation sites (tertiary alicyclic amines) is 1. The number of fused-ring (bicyclic) bond motifs is 1. The summed E-state index contributed by atoms with van der Waals surface area (Å²) < 4.78 is 21.1. The maximum atomic E-state index is 13.6. The van der Waals surface area contributed by atoms with E-state index in [9.17, 15) is 14.3 Å². The zero-order chi connectivity index (χ0) is 20.4. The molecule has 4 rings (SSSR count). The van der Waals surface area contributed by atoms with Gasteiger partial charge in [0, 0.05) is 38.2 Å². The van der Waals surface area contributed by atoms with Crippen LogP contribution in [0, 0.1) is 5.82 Å². The van der Waals surface area contributed by atoms with Gasteiger partial charge in [-0.15, -0.1) is 0 Å². The molecule has 1 fully saturated rings. The molecule has 1 aliphatic rings. The van der Waals surface area contributed by atoms with Crippen molar-refractivity contribution >= 4 is 16.9 Å². The average molecular weight is 397 g/mol. The highest BCUT2D eigenvalue weighted by Gasteiger charge is 2.28. The smallest absolute Gasteiger partial charge is 0.253 e. The molecule has 29 heavy (non-hydrogen) atoms. The lowest BCUT2D eigenvalue weighted by Crippen LogP contribution is -2.38. The number of aromatic nitrogens is 2. The van der Waals surface area contributed by atoms with Gasteiger partial charge in [-0.25, -0.2) is 9.37 Å². The van der Waals surface area contributed by atoms with Gasteiger partial charge < -0.3 is 19.3 Å². The van der Waals surface area contributed by atoms with Crippen LogP contribution in [0.1, 0.15) is 34.9 Å². The lowest BCUT2D eigenvalue weighted by Gasteiger charge is -2.32. The summed E-state index contributed by atoms with van der Waals surface area (Å²) in [6.45, 7) is 2.51. The van der Waals surface area contributed by atoms with Gasteiger partial charge in [0.15, 0.2) is 11.6 Å². The zero-order valence-corrected chi connectivity index (χ0v) is 16.3. The molecule has 3 aromatic rings. The molecule has 2 heterocycles. The van der Waals surface area contributed by atoms with Crippen LogP contribution in [0.25, 0.3) is 11.0 Å². The highest BCUT2D eigenvalue weighted by molar-refractivity contribution is 5.94. The van der Waals surface area contributed by atoms with Gasteiger partial charge in [-0.1, -0.05) is 12.1 Å². The summed E-state index contributed by atoms with van der Waals surface area (Å²) in [5, 5.41) is 9.33. The first-order valence-corrected chi connectivity index (χ1v) is 9.80. The SMILES string of the molecule is COCCn1c(C2CCN(C(=O)c3ccc(O)c(F)c3)CC2)nc2ccccc21. The number of nitrogens with zero attached hydrogens (tertiary/aromatic N) is 3. The molecule has 0 atom stereocenters. The van der Waals surface area contributed by atoms with E-state index in [0.717, 1.165) is 42.3 Å². The number of para-hydroxylation sites is 2. The summed E-state index contributed by atoms with van der Waals surface area (Å²) in [5.41, 5.74) is 2.32. The minimum Gasteiger partial charge on any atom is -0.505 e. The first-order chi connectivity index (χ1) is 14.1. The van der Waals surface area contributed by atoms with E-state index in [1.165, 1.54) is 12.1 Å². The summed E-state index contributed by atoms with van der Waals surface area (Å²) in [5.74, 6) is -0.158. The van der Waals surface area contributed by atoms with Crippen LogP contribution in [-0.2, 0) is 11.3 Å². The van der Waals surface area contributed by atoms with E-state index in [1.807, 2.05) is 18.2 Å². The topological polar surface area (TPSA) is 67.6 Å². The van der Waals surface area contributed by atoms with Gasteiger partial charge in [0.2, 0.25) is 0 Å². The van der Waals surface area contributed by atoms with Gasteiger partial charge in [0.25, 0.3) is 5.91 Å². The Morgan fingerprint density at radius 1 is 1.24 bits per heavy atom. The number of imidazole rings is 1. The van der Waals surface area contributed by atoms with E-state index in [0.29, 0.717) is 19.7 Å². The molecule has 0 spiro atoms. The van der Waals surface area contributed by atoms with Crippen molar-refractivity contribution in [1.82, 2.24) is 14.5 Å². The second-order valence-electron chi connectivity index (χ2n) is 7.34. The number of phenols is 1. The Bertz CT molecular complexity index is 1030. The third kappa shape index (κ3) is 3.82. The van der Waals surface area contributed by atoms with Crippen LogP contribution >= 0.6 is 0 Å². The summed E-state index contributed by atoms with van der Waals surface area (Å²) in [4.78, 5) is 19.3. The predicted octanol–water partition coefficient (Wildman–Crippen LogP) is 3.55. The number of hydrogen-bond acceptors (Lipinski definition) is 4. The Kier molecular flexibility index (Phi) is 5.49. The van der Waals surface area contributed by atoms with E-state index in [2.05, 4.69) is 10.6 Å². The van der Waals surface area contributed by atoms with Crippen molar-refractivity contribution in [2.45, 2.75) is 25.3 Å². The minimum atomic E-state index is -0.780. The quantitative estimate of drug-likeness (QED) is 0.715. The molecule has 0 unspecified atom stereocenters. The van der Waals surface area contributed by atoms with E-state index < -0.39 is 11.6 Å². The molecule has 0 bridgehead atoms. The number of carbonyl (C=O) groups is 1. The van der Waals surface area contributed by atoms with Gasteiger partial charge in [0.05, 0.1) is 17.6 Å². The minimum absolute atomic E-state index is 0.213. The molecular formula is C22H24FN3O3. The van der Waals surface area contributed by atoms with Crippen molar-refractivity contribution in [1.29, 1.82) is 0 Å². The molecule has 1 N–H and O–H groups in total. The molecule has 0 radical (unpaired) electrons. The normalized spacial score (nSPS) is 15.2. The van der Waals surface area contributed by atoms with Crippen molar-refractivity contribution in [2.75, 3.05) is 26.8 Å². The van der Waals surface area contributed by atoms with Crippen LogP contribution in [0.4, 0.5) is 4.39 Å². The average Bonchev–Trinajstić information content (AvgIpc) is 3.12. The van der Waals surface area contributed by atoms with E-state index in [1.54, 1.807) is 12.0 Å². The number of phenolic OH excluding ortho intramolecular Hbond substituents is 1. The molecule has 2 aromatic carbocycles. The highest BCUT2D eigenvalue weighted by Crippen LogP contribution is 2.31. The van der Waals surface area contributed by atoms with Crippen molar-refractivity contribution in [3.05, 3.63) is 59.7 Å². The fraction of sp³-hybridized carbons (Fsp3) is 0.364. The van der Waals surface area contributed by atoms with Crippen LogP contribution in [0.5, 0.6) is 5.75 Å². The maximum Gasteiger partial charge on any atom is 0.253 e. The Morgan fingerprint density at radius 3 is 2.72 bits per heavy atom. The number of amides is 1. The monoisotopic (exact) mass is 397 g/mol. The number of methoxy groups -OCH3 is 1. The number of hydrogen-bond donors (Lipinski definition) is 1. The number of benzene rings is 2. The Hall–Kier alpha value is -2.93. The second kappa shape index (κ2) is 8.21.